The average Bonchev–Trinajstić information content (AvgIpc) is 3.00. The van der Waals surface area contributed by atoms with Gasteiger partial charge in [0.25, 0.3) is 5.56 Å². The van der Waals surface area contributed by atoms with E-state index in [4.69, 9.17) is 0 Å². The molecule has 1 atom stereocenters. The highest BCUT2D eigenvalue weighted by Crippen LogP contribution is 2.10. The van der Waals surface area contributed by atoms with E-state index in [1.807, 2.05) is 26.8 Å². The highest BCUT2D eigenvalue weighted by atomic mass is 16.2. The molecule has 0 aliphatic rings. The average molecular weight is 328 g/mol. The van der Waals surface area contributed by atoms with Crippen molar-refractivity contribution < 1.29 is 4.79 Å². The minimum atomic E-state index is -0.373. The molecule has 1 amide bonds. The number of nitrogens with one attached hydrogen (secondary N) is 2. The van der Waals surface area contributed by atoms with E-state index in [1.54, 1.807) is 17.7 Å². The Morgan fingerprint density at radius 1 is 1.29 bits per heavy atom. The summed E-state index contributed by atoms with van der Waals surface area (Å²) in [6.45, 7) is 7.58. The van der Waals surface area contributed by atoms with Crippen LogP contribution in [0.4, 0.5) is 0 Å². The van der Waals surface area contributed by atoms with E-state index >= 15 is 0 Å². The molecule has 0 bridgehead atoms. The molecule has 24 heavy (non-hydrogen) atoms. The Kier molecular flexibility index (Phi) is 3.96. The molecule has 8 heteroatoms. The predicted octanol–water partition coefficient (Wildman–Crippen LogP) is 1.02. The number of nitrogens with zero attached hydrogens (tertiary/aromatic N) is 4. The van der Waals surface area contributed by atoms with Gasteiger partial charge in [0.1, 0.15) is 6.54 Å². The van der Waals surface area contributed by atoms with Crippen molar-refractivity contribution in [2.75, 3.05) is 0 Å². The molecular weight excluding hydrogens is 308 g/mol. The summed E-state index contributed by atoms with van der Waals surface area (Å²) in [6.07, 6.45) is 0. The number of carbonyl (C=O) groups excluding carboxylic acids is 1. The SMILES string of the molecule is Cc1cc(C)n(CC(=O)N[C@@H](C)c2cc(=O)n3[nH]c(C)cc3n2)n1. The van der Waals surface area contributed by atoms with Crippen molar-refractivity contribution in [2.24, 2.45) is 0 Å². The molecule has 0 unspecified atom stereocenters. The van der Waals surface area contributed by atoms with Gasteiger partial charge in [-0.2, -0.15) is 5.10 Å². The summed E-state index contributed by atoms with van der Waals surface area (Å²) in [4.78, 5) is 28.8. The number of hydrogen-bond acceptors (Lipinski definition) is 4. The number of rotatable bonds is 4. The van der Waals surface area contributed by atoms with Gasteiger partial charge < -0.3 is 5.32 Å². The Morgan fingerprint density at radius 3 is 2.71 bits per heavy atom. The summed E-state index contributed by atoms with van der Waals surface area (Å²) in [5, 5.41) is 10.0. The number of fused-ring (bicyclic) bond motifs is 1. The molecule has 126 valence electrons. The third-order valence-corrected chi connectivity index (χ3v) is 3.82. The number of hydrogen-bond donors (Lipinski definition) is 2. The van der Waals surface area contributed by atoms with Crippen LogP contribution in [0.3, 0.4) is 0 Å². The molecule has 3 heterocycles. The van der Waals surface area contributed by atoms with Crippen LogP contribution in [0.5, 0.6) is 0 Å². The van der Waals surface area contributed by atoms with E-state index in [0.29, 0.717) is 11.3 Å². The van der Waals surface area contributed by atoms with E-state index in [-0.39, 0.29) is 24.1 Å². The number of aryl methyl sites for hydroxylation is 3. The molecule has 0 aliphatic heterocycles. The summed E-state index contributed by atoms with van der Waals surface area (Å²) in [5.41, 5.74) is 3.50. The van der Waals surface area contributed by atoms with Gasteiger partial charge in [-0.3, -0.25) is 19.4 Å². The highest BCUT2D eigenvalue weighted by Gasteiger charge is 2.15. The van der Waals surface area contributed by atoms with Crippen molar-refractivity contribution >= 4 is 11.6 Å². The van der Waals surface area contributed by atoms with Gasteiger partial charge in [0.2, 0.25) is 5.91 Å². The van der Waals surface area contributed by atoms with Crippen LogP contribution in [0.15, 0.2) is 23.0 Å². The molecule has 0 fully saturated rings. The Hall–Kier alpha value is -2.90. The van der Waals surface area contributed by atoms with Crippen molar-refractivity contribution in [3.63, 3.8) is 0 Å². The van der Waals surface area contributed by atoms with Crippen molar-refractivity contribution in [2.45, 2.75) is 40.3 Å². The van der Waals surface area contributed by atoms with Gasteiger partial charge in [-0.25, -0.2) is 9.50 Å². The molecule has 0 radical (unpaired) electrons. The minimum Gasteiger partial charge on any atom is -0.346 e. The Morgan fingerprint density at radius 2 is 2.04 bits per heavy atom. The first-order valence-electron chi connectivity index (χ1n) is 7.73. The first-order chi connectivity index (χ1) is 11.3. The Balaban J connectivity index is 1.76. The fourth-order valence-electron chi connectivity index (χ4n) is 2.68. The zero-order valence-electron chi connectivity index (χ0n) is 14.1. The second-order valence-electron chi connectivity index (χ2n) is 6.03. The van der Waals surface area contributed by atoms with Crippen LogP contribution in [0.2, 0.25) is 0 Å². The molecule has 2 N–H and O–H groups in total. The zero-order chi connectivity index (χ0) is 17.4. The summed E-state index contributed by atoms with van der Waals surface area (Å²) in [5.74, 6) is -0.180. The summed E-state index contributed by atoms with van der Waals surface area (Å²) in [7, 11) is 0. The highest BCUT2D eigenvalue weighted by molar-refractivity contribution is 5.76. The monoisotopic (exact) mass is 328 g/mol. The lowest BCUT2D eigenvalue weighted by Crippen LogP contribution is -2.32. The third-order valence-electron chi connectivity index (χ3n) is 3.82. The van der Waals surface area contributed by atoms with Crippen LogP contribution >= 0.6 is 0 Å². The van der Waals surface area contributed by atoms with Gasteiger partial charge in [0.15, 0.2) is 5.65 Å². The van der Waals surface area contributed by atoms with Gasteiger partial charge in [-0.15, -0.1) is 0 Å². The van der Waals surface area contributed by atoms with Gasteiger partial charge in [0, 0.05) is 23.5 Å². The van der Waals surface area contributed by atoms with Gasteiger partial charge in [0.05, 0.1) is 17.4 Å². The first kappa shape index (κ1) is 16.0. The maximum atomic E-state index is 12.2. The molecule has 0 saturated heterocycles. The first-order valence-corrected chi connectivity index (χ1v) is 7.73. The molecular formula is C16H20N6O2. The largest absolute Gasteiger partial charge is 0.346 e. The smallest absolute Gasteiger partial charge is 0.272 e. The van der Waals surface area contributed by atoms with Gasteiger partial charge in [-0.05, 0) is 33.8 Å². The molecule has 0 aromatic carbocycles. The third kappa shape index (κ3) is 3.08. The van der Waals surface area contributed by atoms with Gasteiger partial charge in [-0.1, -0.05) is 0 Å². The van der Waals surface area contributed by atoms with Crippen molar-refractivity contribution in [1.82, 2.24) is 29.7 Å². The van der Waals surface area contributed by atoms with Crippen LogP contribution in [-0.2, 0) is 11.3 Å². The zero-order valence-corrected chi connectivity index (χ0v) is 14.1. The van der Waals surface area contributed by atoms with E-state index in [9.17, 15) is 9.59 Å². The number of aromatic nitrogens is 5. The van der Waals surface area contributed by atoms with E-state index in [2.05, 4.69) is 20.5 Å². The predicted molar refractivity (Wildman–Crippen MR) is 88.8 cm³/mol. The fraction of sp³-hybridized carbons (Fsp3) is 0.375. The van der Waals surface area contributed by atoms with E-state index < -0.39 is 0 Å². The molecule has 3 aromatic rings. The van der Waals surface area contributed by atoms with Crippen molar-refractivity contribution in [3.8, 4) is 0 Å². The lowest BCUT2D eigenvalue weighted by Gasteiger charge is -2.14. The lowest BCUT2D eigenvalue weighted by molar-refractivity contribution is -0.122. The van der Waals surface area contributed by atoms with Crippen LogP contribution in [-0.4, -0.2) is 30.3 Å². The van der Waals surface area contributed by atoms with Crippen LogP contribution in [0, 0.1) is 20.8 Å². The van der Waals surface area contributed by atoms with Crippen LogP contribution in [0.1, 0.15) is 35.7 Å². The van der Waals surface area contributed by atoms with E-state index in [0.717, 1.165) is 17.1 Å². The molecule has 3 aromatic heterocycles. The second-order valence-corrected chi connectivity index (χ2v) is 6.03. The molecule has 3 rings (SSSR count). The topological polar surface area (TPSA) is 97.1 Å². The molecule has 0 spiro atoms. The number of carbonyl (C=O) groups is 1. The summed E-state index contributed by atoms with van der Waals surface area (Å²) in [6, 6.07) is 4.76. The molecule has 0 aliphatic carbocycles. The lowest BCUT2D eigenvalue weighted by atomic mass is 10.2. The summed E-state index contributed by atoms with van der Waals surface area (Å²) >= 11 is 0. The standard InChI is InChI=1S/C16H20N6O2/c1-9-5-11(3)21(19-9)8-15(23)17-12(4)13-7-16(24)22-14(18-13)6-10(2)20-22/h5-7,12,20H,8H2,1-4H3,(H,17,23)/t12-/m0/s1. The number of H-pyrrole nitrogens is 1. The fourth-order valence-corrected chi connectivity index (χ4v) is 2.68. The quantitative estimate of drug-likeness (QED) is 0.747. The van der Waals surface area contributed by atoms with Crippen molar-refractivity contribution in [3.05, 3.63) is 51.3 Å². The van der Waals surface area contributed by atoms with Crippen LogP contribution in [0.25, 0.3) is 5.65 Å². The molecule has 0 saturated carbocycles. The van der Waals surface area contributed by atoms with E-state index in [1.165, 1.54) is 10.6 Å². The number of amides is 1. The Labute approximate surface area is 138 Å². The normalized spacial score (nSPS) is 12.5. The van der Waals surface area contributed by atoms with Crippen LogP contribution < -0.4 is 10.9 Å². The number of aromatic amines is 1. The van der Waals surface area contributed by atoms with Crippen molar-refractivity contribution in [1.29, 1.82) is 0 Å². The molecule has 8 nitrogen and oxygen atoms in total. The maximum absolute atomic E-state index is 12.2. The second kappa shape index (κ2) is 5.95. The minimum absolute atomic E-state index is 0.133. The maximum Gasteiger partial charge on any atom is 0.272 e. The van der Waals surface area contributed by atoms with Gasteiger partial charge >= 0.3 is 0 Å². The Bertz CT molecular complexity index is 965. The summed E-state index contributed by atoms with van der Waals surface area (Å²) < 4.78 is 3.03.